The first-order valence-electron chi connectivity index (χ1n) is 12.0. The number of nitrogens with zero attached hydrogens (tertiary/aromatic N) is 1. The summed E-state index contributed by atoms with van der Waals surface area (Å²) in [7, 11) is -3.73. The van der Waals surface area contributed by atoms with Crippen molar-refractivity contribution < 1.29 is 32.5 Å². The average Bonchev–Trinajstić information content (AvgIpc) is 2.90. The summed E-state index contributed by atoms with van der Waals surface area (Å²) >= 11 is 11.8. The molecule has 1 aliphatic rings. The van der Waals surface area contributed by atoms with Gasteiger partial charge in [0.1, 0.15) is 28.9 Å². The molecule has 1 aliphatic heterocycles. The van der Waals surface area contributed by atoms with E-state index in [1.165, 1.54) is 22.5 Å². The second-order valence-electron chi connectivity index (χ2n) is 8.67. The molecule has 1 N–H and O–H groups in total. The highest BCUT2D eigenvalue weighted by molar-refractivity contribution is 7.89. The molecule has 202 valence electrons. The molecule has 1 atom stereocenters. The van der Waals surface area contributed by atoms with E-state index in [2.05, 4.69) is 0 Å². The summed E-state index contributed by atoms with van der Waals surface area (Å²) in [6.07, 6.45) is 1.35. The maximum absolute atomic E-state index is 13.1. The lowest BCUT2D eigenvalue weighted by molar-refractivity contribution is 0.0690. The monoisotopic (exact) mass is 579 g/mol. The normalized spacial score (nSPS) is 16.1. The smallest absolute Gasteiger partial charge is 0.339 e. The van der Waals surface area contributed by atoms with Crippen LogP contribution in [0.15, 0.2) is 71.6 Å². The van der Waals surface area contributed by atoms with Crippen LogP contribution in [0.4, 0.5) is 0 Å². The number of piperidine rings is 1. The molecule has 0 aliphatic carbocycles. The van der Waals surface area contributed by atoms with Crippen molar-refractivity contribution >= 4 is 39.2 Å². The first-order chi connectivity index (χ1) is 18.2. The Morgan fingerprint density at radius 2 is 1.68 bits per heavy atom. The van der Waals surface area contributed by atoms with Gasteiger partial charge >= 0.3 is 5.97 Å². The number of hydrogen-bond donors (Lipinski definition) is 1. The number of benzene rings is 3. The first kappa shape index (κ1) is 28.0. The zero-order chi connectivity index (χ0) is 27.1. The van der Waals surface area contributed by atoms with Gasteiger partial charge in [-0.3, -0.25) is 0 Å². The fourth-order valence-electron chi connectivity index (χ4n) is 4.03. The maximum Gasteiger partial charge on any atom is 0.339 e. The second-order valence-corrected chi connectivity index (χ2v) is 11.5. The van der Waals surface area contributed by atoms with Gasteiger partial charge in [0.05, 0.1) is 24.7 Å². The average molecular weight is 580 g/mol. The van der Waals surface area contributed by atoms with Crippen molar-refractivity contribution in [3.63, 3.8) is 0 Å². The molecule has 0 bridgehead atoms. The third-order valence-corrected chi connectivity index (χ3v) is 8.24. The highest BCUT2D eigenvalue weighted by Gasteiger charge is 2.31. The van der Waals surface area contributed by atoms with E-state index in [1.54, 1.807) is 48.5 Å². The molecule has 1 unspecified atom stereocenters. The minimum Gasteiger partial charge on any atom is -0.493 e. The van der Waals surface area contributed by atoms with Crippen molar-refractivity contribution in [1.29, 1.82) is 0 Å². The number of carbonyl (C=O) groups is 1. The zero-order valence-corrected chi connectivity index (χ0v) is 22.7. The van der Waals surface area contributed by atoms with E-state index in [9.17, 15) is 18.3 Å². The van der Waals surface area contributed by atoms with E-state index < -0.39 is 22.1 Å². The molecule has 0 radical (unpaired) electrons. The summed E-state index contributed by atoms with van der Waals surface area (Å²) in [5, 5.41) is 10.7. The molecule has 1 fully saturated rings. The molecular formula is C27H27Cl2NO7S. The molecule has 3 aromatic rings. The van der Waals surface area contributed by atoms with Crippen LogP contribution in [0, 0.1) is 0 Å². The Hall–Kier alpha value is -2.98. The minimum absolute atomic E-state index is 0.0414. The quantitative estimate of drug-likeness (QED) is 0.287. The summed E-state index contributed by atoms with van der Waals surface area (Å²) < 4.78 is 44.8. The Kier molecular flexibility index (Phi) is 9.38. The van der Waals surface area contributed by atoms with Crippen molar-refractivity contribution in [3.05, 3.63) is 82.3 Å². The van der Waals surface area contributed by atoms with Crippen molar-refractivity contribution in [2.24, 2.45) is 0 Å². The third kappa shape index (κ3) is 7.32. The van der Waals surface area contributed by atoms with E-state index in [1.807, 2.05) is 0 Å². The fraction of sp³-hybridized carbons (Fsp3) is 0.296. The predicted molar refractivity (Wildman–Crippen MR) is 144 cm³/mol. The van der Waals surface area contributed by atoms with Crippen LogP contribution in [0.2, 0.25) is 10.0 Å². The summed E-state index contributed by atoms with van der Waals surface area (Å²) in [5.41, 5.74) is -0.0414. The van der Waals surface area contributed by atoms with E-state index in [0.717, 1.165) is 0 Å². The lowest BCUT2D eigenvalue weighted by Crippen LogP contribution is -2.44. The Morgan fingerprint density at radius 3 is 2.42 bits per heavy atom. The summed E-state index contributed by atoms with van der Waals surface area (Å²) in [6, 6.07) is 17.7. The molecule has 0 spiro atoms. The maximum atomic E-state index is 13.1. The molecule has 0 aromatic heterocycles. The number of carboxylic acids is 1. The molecule has 8 nitrogen and oxygen atoms in total. The van der Waals surface area contributed by atoms with E-state index >= 15 is 0 Å². The van der Waals surface area contributed by atoms with E-state index in [-0.39, 0.29) is 29.4 Å². The highest BCUT2D eigenvalue weighted by Crippen LogP contribution is 2.28. The summed E-state index contributed by atoms with van der Waals surface area (Å²) in [6.45, 7) is 1.15. The van der Waals surface area contributed by atoms with Crippen LogP contribution >= 0.6 is 23.2 Å². The number of rotatable bonds is 11. The van der Waals surface area contributed by atoms with Gasteiger partial charge < -0.3 is 19.3 Å². The van der Waals surface area contributed by atoms with Crippen molar-refractivity contribution in [3.8, 4) is 17.2 Å². The first-order valence-corrected chi connectivity index (χ1v) is 14.2. The fourth-order valence-corrected chi connectivity index (χ4v) is 5.96. The number of carboxylic acid groups (broad SMARTS) is 1. The number of halogens is 2. The molecule has 1 heterocycles. The van der Waals surface area contributed by atoms with Gasteiger partial charge in [-0.2, -0.15) is 4.31 Å². The van der Waals surface area contributed by atoms with E-state index in [0.29, 0.717) is 54.0 Å². The summed E-state index contributed by atoms with van der Waals surface area (Å²) in [4.78, 5) is 12.0. The van der Waals surface area contributed by atoms with E-state index in [4.69, 9.17) is 37.4 Å². The van der Waals surface area contributed by atoms with Gasteiger partial charge in [-0.15, -0.1) is 0 Å². The summed E-state index contributed by atoms with van der Waals surface area (Å²) in [5.74, 6) is 0.0680. The van der Waals surface area contributed by atoms with Gasteiger partial charge in [-0.25, -0.2) is 13.2 Å². The molecule has 3 aromatic carbocycles. The zero-order valence-electron chi connectivity index (χ0n) is 20.4. The lowest BCUT2D eigenvalue weighted by atomic mass is 10.1. The predicted octanol–water partition coefficient (Wildman–Crippen LogP) is 5.77. The van der Waals surface area contributed by atoms with Crippen LogP contribution in [0.3, 0.4) is 0 Å². The highest BCUT2D eigenvalue weighted by atomic mass is 35.5. The molecule has 0 saturated carbocycles. The Bertz CT molecular complexity index is 1370. The van der Waals surface area contributed by atoms with Crippen LogP contribution in [-0.2, 0) is 10.0 Å². The van der Waals surface area contributed by atoms with Gasteiger partial charge in [-0.1, -0.05) is 29.3 Å². The molecular weight excluding hydrogens is 553 g/mol. The number of ether oxygens (including phenoxy) is 3. The van der Waals surface area contributed by atoms with Crippen LogP contribution in [0.25, 0.3) is 0 Å². The molecule has 4 rings (SSSR count). The molecule has 0 amide bonds. The van der Waals surface area contributed by atoms with Gasteiger partial charge in [0.2, 0.25) is 10.0 Å². The van der Waals surface area contributed by atoms with Crippen LogP contribution < -0.4 is 14.2 Å². The van der Waals surface area contributed by atoms with Crippen molar-refractivity contribution in [1.82, 2.24) is 4.31 Å². The van der Waals surface area contributed by atoms with Gasteiger partial charge in [0, 0.05) is 23.0 Å². The number of sulfonamides is 1. The molecule has 11 heteroatoms. The molecule has 38 heavy (non-hydrogen) atoms. The topological polar surface area (TPSA) is 102 Å². The Balaban J connectivity index is 1.34. The van der Waals surface area contributed by atoms with Gasteiger partial charge in [-0.05, 0) is 73.5 Å². The Labute approximate surface area is 231 Å². The van der Waals surface area contributed by atoms with Crippen LogP contribution in [-0.4, -0.2) is 56.2 Å². The standard InChI is InChI=1S/C27H27Cl2NO7S/c28-19-7-9-21(10-8-19)35-14-3-15-36-26-12-11-22(17-25(26)27(31)32)37-23-5-2-13-30(18-23)38(33,34)24-6-1-4-20(29)16-24/h1,4,6-12,16-17,23H,2-3,5,13-15,18H2,(H,31,32). The Morgan fingerprint density at radius 1 is 0.947 bits per heavy atom. The molecule has 1 saturated heterocycles. The second kappa shape index (κ2) is 12.7. The van der Waals surface area contributed by atoms with Crippen LogP contribution in [0.5, 0.6) is 17.2 Å². The SMILES string of the molecule is O=C(O)c1cc(OC2CCCN(S(=O)(=O)c3cccc(Cl)c3)C2)ccc1OCCCOc1ccc(Cl)cc1. The third-order valence-electron chi connectivity index (χ3n) is 5.89. The van der Waals surface area contributed by atoms with Crippen LogP contribution in [0.1, 0.15) is 29.6 Å². The van der Waals surface area contributed by atoms with Gasteiger partial charge in [0.15, 0.2) is 0 Å². The van der Waals surface area contributed by atoms with Crippen molar-refractivity contribution in [2.45, 2.75) is 30.3 Å². The van der Waals surface area contributed by atoms with Gasteiger partial charge in [0.25, 0.3) is 0 Å². The largest absolute Gasteiger partial charge is 0.493 e. The minimum atomic E-state index is -3.73. The lowest BCUT2D eigenvalue weighted by Gasteiger charge is -2.32. The van der Waals surface area contributed by atoms with Crippen molar-refractivity contribution in [2.75, 3.05) is 26.3 Å². The number of hydrogen-bond acceptors (Lipinski definition) is 6. The number of aromatic carboxylic acids is 1.